The number of nitrogens with zero attached hydrogens (tertiary/aromatic N) is 1. The van der Waals surface area contributed by atoms with Crippen LogP contribution in [0.25, 0.3) is 0 Å². The van der Waals surface area contributed by atoms with Gasteiger partial charge in [0, 0.05) is 6.07 Å². The van der Waals surface area contributed by atoms with Gasteiger partial charge >= 0.3 is 0 Å². The molecule has 0 aliphatic carbocycles. The van der Waals surface area contributed by atoms with Gasteiger partial charge in [-0.2, -0.15) is 0 Å². The first kappa shape index (κ1) is 15.8. The zero-order valence-electron chi connectivity index (χ0n) is 13.4. The summed E-state index contributed by atoms with van der Waals surface area (Å²) in [4.78, 5) is 14.1. The number of amides is 1. The van der Waals surface area contributed by atoms with Crippen LogP contribution in [0, 0.1) is 6.92 Å². The molecule has 1 amide bonds. The van der Waals surface area contributed by atoms with Crippen molar-refractivity contribution in [2.75, 3.05) is 20.0 Å². The van der Waals surface area contributed by atoms with Gasteiger partial charge in [0.05, 0.1) is 26.5 Å². The lowest BCUT2D eigenvalue weighted by Gasteiger charge is -2.24. The topological polar surface area (TPSA) is 51.9 Å². The van der Waals surface area contributed by atoms with Crippen LogP contribution in [0.5, 0.6) is 11.5 Å². The average molecular weight is 333 g/mol. The third kappa shape index (κ3) is 3.32. The molecule has 0 saturated carbocycles. The highest BCUT2D eigenvalue weighted by molar-refractivity contribution is 8.00. The minimum Gasteiger partial charge on any atom is -0.497 e. The summed E-state index contributed by atoms with van der Waals surface area (Å²) in [5.41, 5.74) is 0.986. The Morgan fingerprint density at radius 2 is 1.91 bits per heavy atom. The van der Waals surface area contributed by atoms with Crippen LogP contribution in [0.3, 0.4) is 0 Å². The summed E-state index contributed by atoms with van der Waals surface area (Å²) in [6.07, 6.45) is 0. The standard InChI is InChI=1S/C17H19NO4S/c1-11-4-5-13(22-11)9-18-16(19)10-23-17(18)12-6-14(20-2)8-15(7-12)21-3/h4-8,17H,9-10H2,1-3H3. The van der Waals surface area contributed by atoms with E-state index in [4.69, 9.17) is 13.9 Å². The van der Waals surface area contributed by atoms with Crippen molar-refractivity contribution in [3.63, 3.8) is 0 Å². The van der Waals surface area contributed by atoms with Crippen LogP contribution in [0.1, 0.15) is 22.5 Å². The summed E-state index contributed by atoms with van der Waals surface area (Å²) < 4.78 is 16.3. The lowest BCUT2D eigenvalue weighted by molar-refractivity contribution is -0.128. The molecule has 0 radical (unpaired) electrons. The minimum absolute atomic E-state index is 0.0723. The molecule has 1 aliphatic rings. The fraction of sp³-hybridized carbons (Fsp3) is 0.353. The van der Waals surface area contributed by atoms with E-state index in [0.29, 0.717) is 23.8 Å². The fourth-order valence-electron chi connectivity index (χ4n) is 2.61. The highest BCUT2D eigenvalue weighted by Crippen LogP contribution is 2.42. The predicted molar refractivity (Wildman–Crippen MR) is 88.7 cm³/mol. The summed E-state index contributed by atoms with van der Waals surface area (Å²) in [6.45, 7) is 2.36. The Kier molecular flexibility index (Phi) is 4.52. The molecule has 1 aromatic heterocycles. The fourth-order valence-corrected chi connectivity index (χ4v) is 3.78. The first-order valence-corrected chi connectivity index (χ1v) is 8.35. The number of thioether (sulfide) groups is 1. The maximum absolute atomic E-state index is 12.3. The van der Waals surface area contributed by atoms with E-state index < -0.39 is 0 Å². The molecule has 2 heterocycles. The van der Waals surface area contributed by atoms with Crippen molar-refractivity contribution in [3.05, 3.63) is 47.4 Å². The van der Waals surface area contributed by atoms with E-state index in [1.54, 1.807) is 26.0 Å². The van der Waals surface area contributed by atoms with Gasteiger partial charge in [-0.25, -0.2) is 0 Å². The Hall–Kier alpha value is -2.08. The number of carbonyl (C=O) groups is 1. The number of benzene rings is 1. The summed E-state index contributed by atoms with van der Waals surface area (Å²) in [5.74, 6) is 3.64. The molecule has 0 spiro atoms. The summed E-state index contributed by atoms with van der Waals surface area (Å²) in [7, 11) is 3.24. The van der Waals surface area contributed by atoms with E-state index in [2.05, 4.69) is 0 Å². The van der Waals surface area contributed by atoms with Crippen molar-refractivity contribution in [2.45, 2.75) is 18.8 Å². The second-order valence-corrected chi connectivity index (χ2v) is 6.41. The number of hydrogen-bond acceptors (Lipinski definition) is 5. The monoisotopic (exact) mass is 333 g/mol. The quantitative estimate of drug-likeness (QED) is 0.839. The molecule has 1 unspecified atom stereocenters. The molecule has 3 rings (SSSR count). The molecule has 1 aromatic carbocycles. The molecular weight excluding hydrogens is 314 g/mol. The first-order chi connectivity index (χ1) is 11.1. The maximum Gasteiger partial charge on any atom is 0.234 e. The summed E-state index contributed by atoms with van der Waals surface area (Å²) >= 11 is 1.60. The largest absolute Gasteiger partial charge is 0.497 e. The van der Waals surface area contributed by atoms with Crippen LogP contribution < -0.4 is 9.47 Å². The average Bonchev–Trinajstić information content (AvgIpc) is 3.13. The summed E-state index contributed by atoms with van der Waals surface area (Å²) in [5, 5.41) is -0.0723. The number of aryl methyl sites for hydroxylation is 1. The molecule has 2 aromatic rings. The Balaban J connectivity index is 1.89. The van der Waals surface area contributed by atoms with E-state index in [1.165, 1.54) is 0 Å². The van der Waals surface area contributed by atoms with Crippen LogP contribution in [0.15, 0.2) is 34.7 Å². The normalized spacial score (nSPS) is 17.6. The van der Waals surface area contributed by atoms with Gasteiger partial charge in [0.25, 0.3) is 0 Å². The SMILES string of the molecule is COc1cc(OC)cc(C2SCC(=O)N2Cc2ccc(C)o2)c1. The molecule has 6 heteroatoms. The molecule has 1 atom stereocenters. The molecule has 0 bridgehead atoms. The van der Waals surface area contributed by atoms with Crippen LogP contribution in [0.2, 0.25) is 0 Å². The van der Waals surface area contributed by atoms with E-state index in [1.807, 2.05) is 42.2 Å². The van der Waals surface area contributed by atoms with Crippen molar-refractivity contribution < 1.29 is 18.7 Å². The van der Waals surface area contributed by atoms with Crippen molar-refractivity contribution in [3.8, 4) is 11.5 Å². The van der Waals surface area contributed by atoms with E-state index >= 15 is 0 Å². The number of furan rings is 1. The van der Waals surface area contributed by atoms with Crippen LogP contribution >= 0.6 is 11.8 Å². The first-order valence-electron chi connectivity index (χ1n) is 7.30. The van der Waals surface area contributed by atoms with Gasteiger partial charge in [0.2, 0.25) is 5.91 Å². The number of carbonyl (C=O) groups excluding carboxylic acids is 1. The van der Waals surface area contributed by atoms with E-state index in [0.717, 1.165) is 17.1 Å². The number of hydrogen-bond donors (Lipinski definition) is 0. The Labute approximate surface area is 139 Å². The van der Waals surface area contributed by atoms with Gasteiger partial charge in [-0.05, 0) is 36.8 Å². The van der Waals surface area contributed by atoms with Crippen LogP contribution in [-0.4, -0.2) is 30.8 Å². The molecule has 1 fully saturated rings. The smallest absolute Gasteiger partial charge is 0.234 e. The maximum atomic E-state index is 12.3. The van der Waals surface area contributed by atoms with E-state index in [-0.39, 0.29) is 11.3 Å². The molecule has 0 N–H and O–H groups in total. The highest BCUT2D eigenvalue weighted by atomic mass is 32.2. The minimum atomic E-state index is -0.0723. The zero-order valence-corrected chi connectivity index (χ0v) is 14.2. The van der Waals surface area contributed by atoms with E-state index in [9.17, 15) is 4.79 Å². The second kappa shape index (κ2) is 6.58. The number of ether oxygens (including phenoxy) is 2. The number of rotatable bonds is 5. The molecule has 1 saturated heterocycles. The molecule has 5 nitrogen and oxygen atoms in total. The third-order valence-corrected chi connectivity index (χ3v) is 5.01. The second-order valence-electron chi connectivity index (χ2n) is 5.34. The molecule has 23 heavy (non-hydrogen) atoms. The van der Waals surface area contributed by atoms with Crippen LogP contribution in [-0.2, 0) is 11.3 Å². The van der Waals surface area contributed by atoms with Gasteiger partial charge < -0.3 is 18.8 Å². The lowest BCUT2D eigenvalue weighted by Crippen LogP contribution is -2.27. The van der Waals surface area contributed by atoms with Crippen molar-refractivity contribution in [1.82, 2.24) is 4.90 Å². The van der Waals surface area contributed by atoms with Gasteiger partial charge in [-0.1, -0.05) is 0 Å². The molecular formula is C17H19NO4S. The van der Waals surface area contributed by atoms with Crippen LogP contribution in [0.4, 0.5) is 0 Å². The molecule has 122 valence electrons. The Bertz CT molecular complexity index is 690. The van der Waals surface area contributed by atoms with Gasteiger partial charge in [-0.15, -0.1) is 11.8 Å². The zero-order chi connectivity index (χ0) is 16.4. The molecule has 1 aliphatic heterocycles. The third-order valence-electron chi connectivity index (χ3n) is 3.75. The summed E-state index contributed by atoms with van der Waals surface area (Å²) in [6, 6.07) is 9.53. The van der Waals surface area contributed by atoms with Gasteiger partial charge in [0.15, 0.2) is 0 Å². The Morgan fingerprint density at radius 3 is 2.48 bits per heavy atom. The van der Waals surface area contributed by atoms with Crippen molar-refractivity contribution in [1.29, 1.82) is 0 Å². The highest BCUT2D eigenvalue weighted by Gasteiger charge is 2.34. The van der Waals surface area contributed by atoms with Crippen molar-refractivity contribution in [2.24, 2.45) is 0 Å². The predicted octanol–water partition coefficient (Wildman–Crippen LogP) is 3.38. The Morgan fingerprint density at radius 1 is 1.22 bits per heavy atom. The van der Waals surface area contributed by atoms with Gasteiger partial charge in [-0.3, -0.25) is 4.79 Å². The lowest BCUT2D eigenvalue weighted by atomic mass is 10.1. The number of methoxy groups -OCH3 is 2. The van der Waals surface area contributed by atoms with Crippen molar-refractivity contribution >= 4 is 17.7 Å². The van der Waals surface area contributed by atoms with Gasteiger partial charge in [0.1, 0.15) is 28.4 Å².